The van der Waals surface area contributed by atoms with E-state index in [1.165, 1.54) is 0 Å². The van der Waals surface area contributed by atoms with Crippen LogP contribution in [0, 0.1) is 5.92 Å². The molecule has 0 spiro atoms. The minimum Gasteiger partial charge on any atom is -0.497 e. The first kappa shape index (κ1) is 20.7. The fraction of sp³-hybridized carbons (Fsp3) is 0.500. The number of imidazole rings is 1. The van der Waals surface area contributed by atoms with E-state index in [1.54, 1.807) is 18.4 Å². The monoisotopic (exact) mass is 427 g/mol. The Morgan fingerprint density at radius 3 is 2.53 bits per heavy atom. The molecular formula is C22H29N5O2S. The third-order valence-corrected chi connectivity index (χ3v) is 6.55. The van der Waals surface area contributed by atoms with Crippen molar-refractivity contribution in [3.05, 3.63) is 41.7 Å². The molecule has 2 aromatic heterocycles. The highest BCUT2D eigenvalue weighted by molar-refractivity contribution is 7.20. The van der Waals surface area contributed by atoms with E-state index >= 15 is 0 Å². The quantitative estimate of drug-likeness (QED) is 0.673. The largest absolute Gasteiger partial charge is 0.497 e. The minimum atomic E-state index is 0.0190. The molecule has 0 radical (unpaired) electrons. The number of aromatic nitrogens is 3. The van der Waals surface area contributed by atoms with Gasteiger partial charge in [-0.25, -0.2) is 9.50 Å². The van der Waals surface area contributed by atoms with Crippen LogP contribution in [-0.2, 0) is 16.8 Å². The van der Waals surface area contributed by atoms with E-state index in [4.69, 9.17) is 14.8 Å². The Morgan fingerprint density at radius 1 is 1.23 bits per heavy atom. The number of fused-ring (bicyclic) bond motifs is 1. The number of nitrogens with one attached hydrogen (secondary N) is 1. The number of piperidine rings is 1. The summed E-state index contributed by atoms with van der Waals surface area (Å²) in [6.07, 6.45) is 3.70. The molecule has 160 valence electrons. The number of amides is 1. The molecule has 0 aliphatic carbocycles. The SMILES string of the molecule is COc1ccc(CNC(=O)C2CCN(c3nn4cc(C(C)(C)C)nc4s3)CC2)cc1. The standard InChI is InChI=1S/C22H29N5O2S/c1-22(2,3)18-14-27-20(24-18)30-21(25-27)26-11-9-16(10-12-26)19(28)23-13-15-5-7-17(29-4)8-6-15/h5-8,14,16H,9-13H2,1-4H3,(H,23,28). The summed E-state index contributed by atoms with van der Waals surface area (Å²) < 4.78 is 7.05. The number of ether oxygens (including phenoxy) is 1. The maximum Gasteiger partial charge on any atom is 0.223 e. The van der Waals surface area contributed by atoms with Crippen LogP contribution < -0.4 is 15.0 Å². The minimum absolute atomic E-state index is 0.0190. The summed E-state index contributed by atoms with van der Waals surface area (Å²) in [5, 5.41) is 8.77. The molecule has 1 saturated heterocycles. The molecule has 0 saturated carbocycles. The number of hydrogen-bond donors (Lipinski definition) is 1. The van der Waals surface area contributed by atoms with E-state index in [0.29, 0.717) is 6.54 Å². The highest BCUT2D eigenvalue weighted by atomic mass is 32.1. The summed E-state index contributed by atoms with van der Waals surface area (Å²) in [5.41, 5.74) is 2.15. The number of hydrogen-bond acceptors (Lipinski definition) is 6. The summed E-state index contributed by atoms with van der Waals surface area (Å²) in [5.74, 6) is 1.01. The van der Waals surface area contributed by atoms with E-state index in [-0.39, 0.29) is 17.2 Å². The van der Waals surface area contributed by atoms with Crippen LogP contribution in [0.1, 0.15) is 44.9 Å². The maximum absolute atomic E-state index is 12.6. The molecule has 1 aliphatic heterocycles. The lowest BCUT2D eigenvalue weighted by Crippen LogP contribution is -2.40. The van der Waals surface area contributed by atoms with Crippen molar-refractivity contribution in [2.24, 2.45) is 5.92 Å². The van der Waals surface area contributed by atoms with Crippen molar-refractivity contribution in [1.29, 1.82) is 0 Å². The lowest BCUT2D eigenvalue weighted by Gasteiger charge is -2.30. The first-order valence-electron chi connectivity index (χ1n) is 10.4. The van der Waals surface area contributed by atoms with Crippen molar-refractivity contribution in [3.8, 4) is 5.75 Å². The van der Waals surface area contributed by atoms with Crippen LogP contribution in [0.3, 0.4) is 0 Å². The van der Waals surface area contributed by atoms with E-state index in [2.05, 4.69) is 31.0 Å². The number of methoxy groups -OCH3 is 1. The van der Waals surface area contributed by atoms with Gasteiger partial charge in [0.1, 0.15) is 5.75 Å². The van der Waals surface area contributed by atoms with Gasteiger partial charge in [-0.15, -0.1) is 5.10 Å². The Labute approximate surface area is 181 Å². The Kier molecular flexibility index (Phi) is 5.69. The van der Waals surface area contributed by atoms with E-state index < -0.39 is 0 Å². The van der Waals surface area contributed by atoms with Crippen molar-refractivity contribution in [2.45, 2.75) is 45.6 Å². The van der Waals surface area contributed by atoms with Crippen LogP contribution in [-0.4, -0.2) is 40.7 Å². The first-order chi connectivity index (χ1) is 14.3. The molecule has 7 nitrogen and oxygen atoms in total. The zero-order chi connectivity index (χ0) is 21.3. The second-order valence-electron chi connectivity index (χ2n) is 8.82. The summed E-state index contributed by atoms with van der Waals surface area (Å²) >= 11 is 1.62. The maximum atomic E-state index is 12.6. The zero-order valence-electron chi connectivity index (χ0n) is 18.0. The van der Waals surface area contributed by atoms with Crippen LogP contribution in [0.15, 0.2) is 30.5 Å². The van der Waals surface area contributed by atoms with Gasteiger partial charge < -0.3 is 15.0 Å². The average molecular weight is 428 g/mol. The van der Waals surface area contributed by atoms with Gasteiger partial charge in [-0.3, -0.25) is 4.79 Å². The molecule has 0 unspecified atom stereocenters. The lowest BCUT2D eigenvalue weighted by molar-refractivity contribution is -0.125. The van der Waals surface area contributed by atoms with Gasteiger partial charge >= 0.3 is 0 Å². The molecule has 3 heterocycles. The van der Waals surface area contributed by atoms with Crippen molar-refractivity contribution in [2.75, 3.05) is 25.1 Å². The fourth-order valence-electron chi connectivity index (χ4n) is 3.59. The Balaban J connectivity index is 1.30. The molecule has 0 atom stereocenters. The van der Waals surface area contributed by atoms with E-state index in [1.807, 2.05) is 35.0 Å². The topological polar surface area (TPSA) is 71.8 Å². The number of benzene rings is 1. The highest BCUT2D eigenvalue weighted by Crippen LogP contribution is 2.30. The Bertz CT molecular complexity index is 979. The molecule has 3 aromatic rings. The first-order valence-corrected chi connectivity index (χ1v) is 11.2. The van der Waals surface area contributed by atoms with Gasteiger partial charge in [-0.2, -0.15) is 0 Å². The highest BCUT2D eigenvalue weighted by Gasteiger charge is 2.27. The number of rotatable bonds is 5. The molecule has 1 aliphatic rings. The predicted molar refractivity (Wildman–Crippen MR) is 119 cm³/mol. The van der Waals surface area contributed by atoms with Gasteiger partial charge in [0.05, 0.1) is 19.0 Å². The summed E-state index contributed by atoms with van der Waals surface area (Å²) in [4.78, 5) is 20.5. The van der Waals surface area contributed by atoms with Gasteiger partial charge in [0, 0.05) is 31.0 Å². The van der Waals surface area contributed by atoms with E-state index in [9.17, 15) is 4.79 Å². The number of carbonyl (C=O) groups is 1. The molecule has 0 bridgehead atoms. The van der Waals surface area contributed by atoms with Gasteiger partial charge in [0.25, 0.3) is 0 Å². The number of carbonyl (C=O) groups excluding carboxylic acids is 1. The van der Waals surface area contributed by atoms with Crippen LogP contribution >= 0.6 is 11.3 Å². The number of nitrogens with zero attached hydrogens (tertiary/aromatic N) is 4. The second-order valence-corrected chi connectivity index (χ2v) is 9.75. The normalized spacial score (nSPS) is 15.5. The van der Waals surface area contributed by atoms with Crippen molar-refractivity contribution in [1.82, 2.24) is 19.9 Å². The Morgan fingerprint density at radius 2 is 1.93 bits per heavy atom. The lowest BCUT2D eigenvalue weighted by atomic mass is 9.93. The van der Waals surface area contributed by atoms with Gasteiger partial charge in [-0.05, 0) is 30.5 Å². The third kappa shape index (κ3) is 4.43. The summed E-state index contributed by atoms with van der Waals surface area (Å²) in [6, 6.07) is 7.78. The van der Waals surface area contributed by atoms with Crippen LogP contribution in [0.4, 0.5) is 5.13 Å². The smallest absolute Gasteiger partial charge is 0.223 e. The van der Waals surface area contributed by atoms with Crippen LogP contribution in [0.5, 0.6) is 5.75 Å². The second kappa shape index (κ2) is 8.26. The number of anilines is 1. The Hall–Kier alpha value is -2.61. The van der Waals surface area contributed by atoms with Crippen LogP contribution in [0.2, 0.25) is 0 Å². The molecular weight excluding hydrogens is 398 g/mol. The third-order valence-electron chi connectivity index (χ3n) is 5.56. The molecule has 4 rings (SSSR count). The predicted octanol–water partition coefficient (Wildman–Crippen LogP) is 3.63. The summed E-state index contributed by atoms with van der Waals surface area (Å²) in [7, 11) is 1.65. The van der Waals surface area contributed by atoms with Crippen LogP contribution in [0.25, 0.3) is 4.96 Å². The molecule has 1 N–H and O–H groups in total. The van der Waals surface area contributed by atoms with Crippen molar-refractivity contribution < 1.29 is 9.53 Å². The molecule has 1 amide bonds. The zero-order valence-corrected chi connectivity index (χ0v) is 18.8. The van der Waals surface area contributed by atoms with Gasteiger partial charge in [-0.1, -0.05) is 44.2 Å². The summed E-state index contributed by atoms with van der Waals surface area (Å²) in [6.45, 7) is 8.69. The molecule has 1 aromatic carbocycles. The molecule has 8 heteroatoms. The molecule has 1 fully saturated rings. The van der Waals surface area contributed by atoms with Crippen molar-refractivity contribution >= 4 is 27.3 Å². The van der Waals surface area contributed by atoms with Crippen molar-refractivity contribution in [3.63, 3.8) is 0 Å². The average Bonchev–Trinajstić information content (AvgIpc) is 3.32. The van der Waals surface area contributed by atoms with Gasteiger partial charge in [0.15, 0.2) is 0 Å². The fourth-order valence-corrected chi connectivity index (χ4v) is 4.52. The van der Waals surface area contributed by atoms with E-state index in [0.717, 1.165) is 53.0 Å². The van der Waals surface area contributed by atoms with Gasteiger partial charge in [0.2, 0.25) is 16.0 Å². The molecule has 30 heavy (non-hydrogen) atoms.